The zero-order chi connectivity index (χ0) is 17.2. The number of hydrogen-bond donors (Lipinski definition) is 2. The average molecular weight is 355 g/mol. The maximum Gasteiger partial charge on any atom is 0.170 e. The molecule has 0 amide bonds. The molecule has 0 unspecified atom stereocenters. The van der Waals surface area contributed by atoms with Crippen LogP contribution in [0, 0.1) is 6.92 Å². The smallest absolute Gasteiger partial charge is 0.170 e. The molecule has 4 nitrogen and oxygen atoms in total. The highest BCUT2D eigenvalue weighted by molar-refractivity contribution is 7.80. The molecule has 5 heteroatoms. The van der Waals surface area contributed by atoms with Crippen molar-refractivity contribution in [2.24, 2.45) is 0 Å². The Morgan fingerprint density at radius 3 is 2.64 bits per heavy atom. The maximum atomic E-state index is 5.48. The number of aryl methyl sites for hydroxylation is 1. The van der Waals surface area contributed by atoms with Gasteiger partial charge in [-0.2, -0.15) is 0 Å². The summed E-state index contributed by atoms with van der Waals surface area (Å²) in [5.74, 6) is 1.11. The van der Waals surface area contributed by atoms with Crippen molar-refractivity contribution in [3.8, 4) is 0 Å². The molecule has 1 saturated heterocycles. The summed E-state index contributed by atoms with van der Waals surface area (Å²) in [4.78, 5) is 7.26. The van der Waals surface area contributed by atoms with Crippen LogP contribution in [0.25, 0.3) is 10.9 Å². The number of hydrogen-bond acceptors (Lipinski definition) is 3. The zero-order valence-electron chi connectivity index (χ0n) is 14.8. The van der Waals surface area contributed by atoms with E-state index in [4.69, 9.17) is 17.2 Å². The standard InChI is InChI=1S/C20H26N4S/c1-14-12-19(24-10-4-5-11-24)23-18-9-8-16(13-17(14)18)22-20(25)21-15-6-2-3-7-15/h8-9,12-13,15H,2-7,10-11H2,1H3,(H2,21,22,25). The van der Waals surface area contributed by atoms with Crippen molar-refractivity contribution < 1.29 is 0 Å². The second-order valence-corrected chi connectivity index (χ2v) is 7.71. The summed E-state index contributed by atoms with van der Waals surface area (Å²) in [6.45, 7) is 4.42. The zero-order valence-corrected chi connectivity index (χ0v) is 15.7. The predicted molar refractivity (Wildman–Crippen MR) is 110 cm³/mol. The lowest BCUT2D eigenvalue weighted by Crippen LogP contribution is -2.35. The van der Waals surface area contributed by atoms with Crippen LogP contribution in [0.1, 0.15) is 44.1 Å². The second kappa shape index (κ2) is 7.16. The van der Waals surface area contributed by atoms with E-state index in [-0.39, 0.29) is 0 Å². The van der Waals surface area contributed by atoms with Gasteiger partial charge in [0.2, 0.25) is 0 Å². The number of rotatable bonds is 3. The predicted octanol–water partition coefficient (Wildman–Crippen LogP) is 4.37. The molecule has 25 heavy (non-hydrogen) atoms. The fourth-order valence-corrected chi connectivity index (χ4v) is 4.27. The first kappa shape index (κ1) is 16.6. The summed E-state index contributed by atoms with van der Waals surface area (Å²) >= 11 is 5.48. The Morgan fingerprint density at radius 2 is 1.88 bits per heavy atom. The molecule has 0 atom stereocenters. The van der Waals surface area contributed by atoms with Crippen LogP contribution in [0.3, 0.4) is 0 Å². The molecule has 0 radical (unpaired) electrons. The lowest BCUT2D eigenvalue weighted by molar-refractivity contribution is 0.634. The van der Waals surface area contributed by atoms with E-state index in [1.165, 1.54) is 49.5 Å². The van der Waals surface area contributed by atoms with Crippen molar-refractivity contribution in [2.75, 3.05) is 23.3 Å². The first-order valence-corrected chi connectivity index (χ1v) is 9.84. The molecule has 1 aliphatic carbocycles. The highest BCUT2D eigenvalue weighted by Crippen LogP contribution is 2.27. The lowest BCUT2D eigenvalue weighted by atomic mass is 10.1. The van der Waals surface area contributed by atoms with E-state index < -0.39 is 0 Å². The molecule has 2 aliphatic rings. The van der Waals surface area contributed by atoms with Gasteiger partial charge in [0.05, 0.1) is 5.52 Å². The summed E-state index contributed by atoms with van der Waals surface area (Å²) in [6, 6.07) is 9.08. The third-order valence-electron chi connectivity index (χ3n) is 5.38. The van der Waals surface area contributed by atoms with Gasteiger partial charge in [0.15, 0.2) is 5.11 Å². The van der Waals surface area contributed by atoms with Gasteiger partial charge in [0, 0.05) is 30.2 Å². The van der Waals surface area contributed by atoms with Crippen molar-refractivity contribution in [3.63, 3.8) is 0 Å². The summed E-state index contributed by atoms with van der Waals surface area (Å²) < 4.78 is 0. The van der Waals surface area contributed by atoms with Crippen molar-refractivity contribution >= 4 is 39.7 Å². The van der Waals surface area contributed by atoms with Crippen molar-refractivity contribution in [2.45, 2.75) is 51.5 Å². The highest BCUT2D eigenvalue weighted by atomic mass is 32.1. The van der Waals surface area contributed by atoms with Gasteiger partial charge in [-0.15, -0.1) is 0 Å². The molecule has 2 N–H and O–H groups in total. The molecule has 1 aliphatic heterocycles. The van der Waals surface area contributed by atoms with Crippen LogP contribution in [0.4, 0.5) is 11.5 Å². The average Bonchev–Trinajstić information content (AvgIpc) is 3.28. The second-order valence-electron chi connectivity index (χ2n) is 7.30. The Morgan fingerprint density at radius 1 is 1.12 bits per heavy atom. The largest absolute Gasteiger partial charge is 0.360 e. The Labute approximate surface area is 155 Å². The number of benzene rings is 1. The fourth-order valence-electron chi connectivity index (χ4n) is 3.99. The van der Waals surface area contributed by atoms with Gasteiger partial charge in [-0.25, -0.2) is 4.98 Å². The molecule has 0 spiro atoms. The Hall–Kier alpha value is -1.88. The first-order valence-electron chi connectivity index (χ1n) is 9.43. The molecule has 2 fully saturated rings. The summed E-state index contributed by atoms with van der Waals surface area (Å²) in [7, 11) is 0. The first-order chi connectivity index (χ1) is 12.2. The van der Waals surface area contributed by atoms with Gasteiger partial charge >= 0.3 is 0 Å². The molecular formula is C20H26N4S. The van der Waals surface area contributed by atoms with Gasteiger partial charge in [0.1, 0.15) is 5.82 Å². The molecule has 132 valence electrons. The maximum absolute atomic E-state index is 5.48. The molecular weight excluding hydrogens is 328 g/mol. The number of anilines is 2. The van der Waals surface area contributed by atoms with Crippen LogP contribution >= 0.6 is 12.2 Å². The molecule has 2 aromatic rings. The molecule has 2 heterocycles. The van der Waals surface area contributed by atoms with Crippen LogP contribution in [0.5, 0.6) is 0 Å². The van der Waals surface area contributed by atoms with Gasteiger partial charge in [-0.1, -0.05) is 12.8 Å². The van der Waals surface area contributed by atoms with Crippen molar-refractivity contribution in [1.29, 1.82) is 0 Å². The SMILES string of the molecule is Cc1cc(N2CCCC2)nc2ccc(NC(=S)NC3CCCC3)cc12. The Balaban J connectivity index is 1.52. The minimum atomic E-state index is 0.534. The van der Waals surface area contributed by atoms with E-state index in [0.717, 1.165) is 35.2 Å². The molecule has 0 bridgehead atoms. The van der Waals surface area contributed by atoms with Crippen LogP contribution in [0.15, 0.2) is 24.3 Å². The Kier molecular flexibility index (Phi) is 4.75. The van der Waals surface area contributed by atoms with Gasteiger partial charge in [-0.3, -0.25) is 0 Å². The number of pyridine rings is 1. The minimum Gasteiger partial charge on any atom is -0.360 e. The molecule has 1 aromatic heterocycles. The van der Waals surface area contributed by atoms with E-state index in [1.807, 2.05) is 0 Å². The fraction of sp³-hybridized carbons (Fsp3) is 0.500. The number of nitrogens with zero attached hydrogens (tertiary/aromatic N) is 2. The quantitative estimate of drug-likeness (QED) is 0.801. The molecule has 1 saturated carbocycles. The van der Waals surface area contributed by atoms with E-state index in [1.54, 1.807) is 0 Å². The lowest BCUT2D eigenvalue weighted by Gasteiger charge is -2.19. The van der Waals surface area contributed by atoms with Crippen LogP contribution in [-0.2, 0) is 0 Å². The van der Waals surface area contributed by atoms with E-state index >= 15 is 0 Å². The number of nitrogens with one attached hydrogen (secondary N) is 2. The third kappa shape index (κ3) is 3.71. The molecule has 4 rings (SSSR count). The van der Waals surface area contributed by atoms with Crippen molar-refractivity contribution in [3.05, 3.63) is 29.8 Å². The summed E-state index contributed by atoms with van der Waals surface area (Å²) in [6.07, 6.45) is 7.60. The monoisotopic (exact) mass is 354 g/mol. The minimum absolute atomic E-state index is 0.534. The van der Waals surface area contributed by atoms with E-state index in [9.17, 15) is 0 Å². The highest BCUT2D eigenvalue weighted by Gasteiger charge is 2.16. The topological polar surface area (TPSA) is 40.2 Å². The van der Waals surface area contributed by atoms with Gasteiger partial charge in [0.25, 0.3) is 0 Å². The summed E-state index contributed by atoms with van der Waals surface area (Å²) in [5, 5.41) is 8.69. The van der Waals surface area contributed by atoms with Crippen LogP contribution in [0.2, 0.25) is 0 Å². The number of fused-ring (bicyclic) bond motifs is 1. The number of aromatic nitrogens is 1. The van der Waals surface area contributed by atoms with Crippen LogP contribution in [-0.4, -0.2) is 29.2 Å². The van der Waals surface area contributed by atoms with E-state index in [0.29, 0.717) is 6.04 Å². The van der Waals surface area contributed by atoms with E-state index in [2.05, 4.69) is 46.7 Å². The van der Waals surface area contributed by atoms with Crippen molar-refractivity contribution in [1.82, 2.24) is 10.3 Å². The van der Waals surface area contributed by atoms with Gasteiger partial charge < -0.3 is 15.5 Å². The summed E-state index contributed by atoms with van der Waals surface area (Å²) in [5.41, 5.74) is 3.36. The van der Waals surface area contributed by atoms with Crippen LogP contribution < -0.4 is 15.5 Å². The third-order valence-corrected chi connectivity index (χ3v) is 5.60. The normalized spacial score (nSPS) is 18.0. The molecule has 1 aromatic carbocycles. The van der Waals surface area contributed by atoms with Gasteiger partial charge in [-0.05, 0) is 74.7 Å². The number of thiocarbonyl (C=S) groups is 1. The Bertz CT molecular complexity index is 777.